The van der Waals surface area contributed by atoms with Crippen molar-refractivity contribution in [2.75, 3.05) is 61.4 Å². The Hall–Kier alpha value is -3.39. The van der Waals surface area contributed by atoms with Gasteiger partial charge in [0.25, 0.3) is 0 Å². The van der Waals surface area contributed by atoms with Gasteiger partial charge < -0.3 is 25.5 Å². The molecule has 2 aromatic carbocycles. The summed E-state index contributed by atoms with van der Waals surface area (Å²) in [6.07, 6.45) is 2.03. The Morgan fingerprint density at radius 3 is 2.56 bits per heavy atom. The quantitative estimate of drug-likeness (QED) is 0.450. The Morgan fingerprint density at radius 1 is 1.03 bits per heavy atom. The Bertz CT molecular complexity index is 1070. The van der Waals surface area contributed by atoms with E-state index in [0.717, 1.165) is 56.6 Å². The van der Waals surface area contributed by atoms with Crippen LogP contribution in [0.4, 0.5) is 17.8 Å². The highest BCUT2D eigenvalue weighted by Crippen LogP contribution is 2.47. The van der Waals surface area contributed by atoms with Crippen LogP contribution in [-0.2, 0) is 6.42 Å². The van der Waals surface area contributed by atoms with Crippen LogP contribution >= 0.6 is 0 Å². The molecular weight excluding hydrogens is 426 g/mol. The summed E-state index contributed by atoms with van der Waals surface area (Å²) in [7, 11) is 2.08. The molecule has 3 N–H and O–H groups in total. The van der Waals surface area contributed by atoms with Crippen LogP contribution in [0.1, 0.15) is 23.5 Å². The smallest absolute Gasteiger partial charge is 0.232 e. The van der Waals surface area contributed by atoms with Crippen molar-refractivity contribution in [3.8, 4) is 5.75 Å². The Morgan fingerprint density at radius 2 is 1.79 bits per heavy atom. The number of nitrogens with zero attached hydrogens (tertiary/aromatic N) is 5. The lowest BCUT2D eigenvalue weighted by atomic mass is 10.1. The van der Waals surface area contributed by atoms with Gasteiger partial charge in [0.05, 0.1) is 0 Å². The van der Waals surface area contributed by atoms with E-state index in [1.807, 2.05) is 12.1 Å². The van der Waals surface area contributed by atoms with Crippen molar-refractivity contribution < 1.29 is 5.11 Å². The predicted molar refractivity (Wildman–Crippen MR) is 136 cm³/mol. The summed E-state index contributed by atoms with van der Waals surface area (Å²) < 4.78 is 0. The zero-order chi connectivity index (χ0) is 23.3. The molecule has 34 heavy (non-hydrogen) atoms. The van der Waals surface area contributed by atoms with Crippen molar-refractivity contribution >= 4 is 17.8 Å². The van der Waals surface area contributed by atoms with Crippen molar-refractivity contribution in [2.24, 2.45) is 5.92 Å². The maximum atomic E-state index is 9.49. The highest BCUT2D eigenvalue weighted by atomic mass is 16.3. The second-order valence-electron chi connectivity index (χ2n) is 9.23. The molecule has 8 nitrogen and oxygen atoms in total. The maximum absolute atomic E-state index is 9.49. The molecule has 0 bridgehead atoms. The number of benzene rings is 2. The average Bonchev–Trinajstić information content (AvgIpc) is 3.65. The standard InChI is InChI=1S/C26H33N7O/c1-32(18-21-17-23(21)20-5-3-2-4-6-20)25-29-24(28-12-11-19-7-9-22(34)10-8-19)30-26(31-25)33-15-13-27-14-16-33/h2-10,21,23,27,34H,11-18H2,1H3,(H,28,29,30,31)/t21-,23-/m0/s1. The van der Waals surface area contributed by atoms with E-state index >= 15 is 0 Å². The van der Waals surface area contributed by atoms with E-state index in [2.05, 4.69) is 57.8 Å². The molecule has 3 aromatic rings. The van der Waals surface area contributed by atoms with Gasteiger partial charge in [0.2, 0.25) is 17.8 Å². The number of phenols is 1. The van der Waals surface area contributed by atoms with Gasteiger partial charge in [0, 0.05) is 46.3 Å². The first-order valence-corrected chi connectivity index (χ1v) is 12.2. The molecule has 0 radical (unpaired) electrons. The minimum Gasteiger partial charge on any atom is -0.508 e. The first kappa shape index (κ1) is 22.4. The fraction of sp³-hybridized carbons (Fsp3) is 0.423. The van der Waals surface area contributed by atoms with Crippen LogP contribution in [0.3, 0.4) is 0 Å². The average molecular weight is 460 g/mol. The molecule has 5 rings (SSSR count). The number of anilines is 3. The van der Waals surface area contributed by atoms with Crippen LogP contribution in [0.2, 0.25) is 0 Å². The molecule has 1 saturated carbocycles. The first-order chi connectivity index (χ1) is 16.7. The van der Waals surface area contributed by atoms with Gasteiger partial charge in [0.1, 0.15) is 5.75 Å². The van der Waals surface area contributed by atoms with Crippen LogP contribution in [0.15, 0.2) is 54.6 Å². The number of rotatable bonds is 9. The number of piperazine rings is 1. The molecule has 2 fully saturated rings. The summed E-state index contributed by atoms with van der Waals surface area (Å²) in [6.45, 7) is 5.27. The van der Waals surface area contributed by atoms with Crippen LogP contribution in [0.5, 0.6) is 5.75 Å². The summed E-state index contributed by atoms with van der Waals surface area (Å²) in [4.78, 5) is 18.7. The molecule has 1 aromatic heterocycles. The minimum absolute atomic E-state index is 0.285. The molecule has 0 spiro atoms. The monoisotopic (exact) mass is 459 g/mol. The van der Waals surface area contributed by atoms with Gasteiger partial charge in [-0.05, 0) is 47.9 Å². The minimum atomic E-state index is 0.285. The van der Waals surface area contributed by atoms with E-state index in [0.29, 0.717) is 24.3 Å². The molecule has 178 valence electrons. The Labute approximate surface area is 201 Å². The maximum Gasteiger partial charge on any atom is 0.232 e. The SMILES string of the molecule is CN(C[C@@H]1C[C@H]1c1ccccc1)c1nc(NCCc2ccc(O)cc2)nc(N2CCNCC2)n1. The Balaban J connectivity index is 1.27. The summed E-state index contributed by atoms with van der Waals surface area (Å²) in [5.41, 5.74) is 2.58. The lowest BCUT2D eigenvalue weighted by molar-refractivity contribution is 0.475. The highest BCUT2D eigenvalue weighted by Gasteiger charge is 2.39. The summed E-state index contributed by atoms with van der Waals surface area (Å²) >= 11 is 0. The molecule has 1 aliphatic heterocycles. The largest absolute Gasteiger partial charge is 0.508 e. The van der Waals surface area contributed by atoms with Gasteiger partial charge >= 0.3 is 0 Å². The predicted octanol–water partition coefficient (Wildman–Crippen LogP) is 2.88. The number of aromatic nitrogens is 3. The normalized spacial score (nSPS) is 19.6. The van der Waals surface area contributed by atoms with Crippen molar-refractivity contribution in [1.29, 1.82) is 0 Å². The zero-order valence-corrected chi connectivity index (χ0v) is 19.7. The van der Waals surface area contributed by atoms with Crippen molar-refractivity contribution in [3.05, 3.63) is 65.7 Å². The summed E-state index contributed by atoms with van der Waals surface area (Å²) in [5.74, 6) is 3.60. The summed E-state index contributed by atoms with van der Waals surface area (Å²) in [6, 6.07) is 18.1. The van der Waals surface area contributed by atoms with Crippen LogP contribution < -0.4 is 20.4 Å². The number of phenolic OH excluding ortho intramolecular Hbond substituents is 1. The van der Waals surface area contributed by atoms with Crippen molar-refractivity contribution in [1.82, 2.24) is 20.3 Å². The molecule has 2 heterocycles. The van der Waals surface area contributed by atoms with E-state index in [9.17, 15) is 5.11 Å². The zero-order valence-electron chi connectivity index (χ0n) is 19.7. The van der Waals surface area contributed by atoms with Crippen molar-refractivity contribution in [3.63, 3.8) is 0 Å². The lowest BCUT2D eigenvalue weighted by Gasteiger charge is -2.28. The fourth-order valence-corrected chi connectivity index (χ4v) is 4.58. The fourth-order valence-electron chi connectivity index (χ4n) is 4.58. The van der Waals surface area contributed by atoms with E-state index in [-0.39, 0.29) is 5.75 Å². The number of hydrogen-bond donors (Lipinski definition) is 3. The molecule has 2 aliphatic rings. The highest BCUT2D eigenvalue weighted by molar-refractivity contribution is 5.46. The Kier molecular flexibility index (Phi) is 6.76. The van der Waals surface area contributed by atoms with Gasteiger partial charge in [-0.3, -0.25) is 0 Å². The second kappa shape index (κ2) is 10.3. The van der Waals surface area contributed by atoms with Crippen LogP contribution in [-0.4, -0.2) is 66.4 Å². The molecule has 0 unspecified atom stereocenters. The number of aromatic hydroxyl groups is 1. The van der Waals surface area contributed by atoms with Gasteiger partial charge in [0.15, 0.2) is 0 Å². The number of nitrogens with one attached hydrogen (secondary N) is 2. The van der Waals surface area contributed by atoms with E-state index in [1.54, 1.807) is 12.1 Å². The molecular formula is C26H33N7O. The van der Waals surface area contributed by atoms with Crippen LogP contribution in [0.25, 0.3) is 0 Å². The molecule has 8 heteroatoms. The van der Waals surface area contributed by atoms with Crippen LogP contribution in [0, 0.1) is 5.92 Å². The van der Waals surface area contributed by atoms with Gasteiger partial charge in [-0.15, -0.1) is 0 Å². The molecule has 2 atom stereocenters. The lowest BCUT2D eigenvalue weighted by Crippen LogP contribution is -2.44. The van der Waals surface area contributed by atoms with Crippen molar-refractivity contribution in [2.45, 2.75) is 18.8 Å². The molecule has 1 saturated heterocycles. The number of hydrogen-bond acceptors (Lipinski definition) is 8. The second-order valence-corrected chi connectivity index (χ2v) is 9.23. The topological polar surface area (TPSA) is 89.4 Å². The summed E-state index contributed by atoms with van der Waals surface area (Å²) in [5, 5.41) is 16.3. The third kappa shape index (κ3) is 5.56. The van der Waals surface area contributed by atoms with E-state index in [4.69, 9.17) is 15.0 Å². The van der Waals surface area contributed by atoms with E-state index in [1.165, 1.54) is 12.0 Å². The third-order valence-corrected chi connectivity index (χ3v) is 6.64. The molecule has 1 aliphatic carbocycles. The van der Waals surface area contributed by atoms with E-state index < -0.39 is 0 Å². The van der Waals surface area contributed by atoms with Gasteiger partial charge in [-0.25, -0.2) is 0 Å². The van der Waals surface area contributed by atoms with Gasteiger partial charge in [-0.2, -0.15) is 15.0 Å². The first-order valence-electron chi connectivity index (χ1n) is 12.2. The van der Waals surface area contributed by atoms with Gasteiger partial charge in [-0.1, -0.05) is 42.5 Å². The molecule has 0 amide bonds. The third-order valence-electron chi connectivity index (χ3n) is 6.64.